The van der Waals surface area contributed by atoms with Crippen LogP contribution in [0.4, 0.5) is 23.7 Å². The van der Waals surface area contributed by atoms with Gasteiger partial charge in [0, 0.05) is 10.6 Å². The molecule has 0 spiro atoms. The van der Waals surface area contributed by atoms with Crippen LogP contribution in [0.15, 0.2) is 72.3 Å². The quantitative estimate of drug-likeness (QED) is 0.309. The summed E-state index contributed by atoms with van der Waals surface area (Å²) in [5, 5.41) is 2.24. The van der Waals surface area contributed by atoms with Gasteiger partial charge in [-0.25, -0.2) is 9.69 Å². The van der Waals surface area contributed by atoms with E-state index in [-0.39, 0.29) is 11.6 Å². The molecule has 3 aromatic carbocycles. The zero-order valence-corrected chi connectivity index (χ0v) is 19.6. The van der Waals surface area contributed by atoms with Crippen LogP contribution in [0.1, 0.15) is 16.7 Å². The predicted octanol–water partition coefficient (Wildman–Crippen LogP) is 6.26. The molecule has 4 rings (SSSR count). The maximum atomic E-state index is 13.2. The topological polar surface area (TPSA) is 75.7 Å². The number of ether oxygens (including phenoxy) is 1. The normalized spacial score (nSPS) is 15.3. The van der Waals surface area contributed by atoms with E-state index in [0.29, 0.717) is 33.4 Å². The van der Waals surface area contributed by atoms with Crippen LogP contribution in [0.5, 0.6) is 5.75 Å². The molecule has 0 radical (unpaired) electrons. The fourth-order valence-electron chi connectivity index (χ4n) is 3.37. The predicted molar refractivity (Wildman–Crippen MR) is 128 cm³/mol. The highest BCUT2D eigenvalue weighted by Crippen LogP contribution is 2.37. The number of carbonyl (C=O) groups is 3. The van der Waals surface area contributed by atoms with Crippen molar-refractivity contribution in [2.45, 2.75) is 12.8 Å². The van der Waals surface area contributed by atoms with Crippen LogP contribution in [0.2, 0.25) is 10.0 Å². The molecule has 0 atom stereocenters. The molecule has 4 amide bonds. The first-order chi connectivity index (χ1) is 17.0. The van der Waals surface area contributed by atoms with E-state index in [1.807, 2.05) is 5.32 Å². The lowest BCUT2D eigenvalue weighted by Gasteiger charge is -2.27. The molecular weight excluding hydrogens is 520 g/mol. The van der Waals surface area contributed by atoms with Gasteiger partial charge >= 0.3 is 12.2 Å². The highest BCUT2D eigenvalue weighted by Gasteiger charge is 2.39. The molecule has 11 heteroatoms. The fraction of sp³-hybridized carbons (Fsp3) is 0.0800. The standard InChI is InChI=1S/C25H15Cl2F3N2O4/c26-17-8-5-14(6-9-17)13-36-21-4-2-1-3-15(21)11-18-22(33)31-24(35)32(23(18)34)20-12-16(25(28,29)30)7-10-19(20)27/h1-12H,13H2,(H,31,33,35)/b18-11-. The van der Waals surface area contributed by atoms with E-state index < -0.39 is 40.8 Å². The largest absolute Gasteiger partial charge is 0.488 e. The van der Waals surface area contributed by atoms with E-state index in [2.05, 4.69) is 0 Å². The Kier molecular flexibility index (Phi) is 7.05. The number of amides is 4. The molecule has 6 nitrogen and oxygen atoms in total. The zero-order chi connectivity index (χ0) is 26.0. The van der Waals surface area contributed by atoms with Crippen molar-refractivity contribution in [2.75, 3.05) is 4.90 Å². The Labute approximate surface area is 212 Å². The molecule has 3 aromatic rings. The summed E-state index contributed by atoms with van der Waals surface area (Å²) in [5.41, 5.74) is -0.991. The molecule has 184 valence electrons. The highest BCUT2D eigenvalue weighted by atomic mass is 35.5. The number of hydrogen-bond acceptors (Lipinski definition) is 4. The van der Waals surface area contributed by atoms with Gasteiger partial charge in [0.1, 0.15) is 17.9 Å². The summed E-state index contributed by atoms with van der Waals surface area (Å²) in [5.74, 6) is -1.84. The van der Waals surface area contributed by atoms with E-state index in [1.54, 1.807) is 48.5 Å². The molecule has 0 aromatic heterocycles. The number of carbonyl (C=O) groups excluding carboxylic acids is 3. The maximum Gasteiger partial charge on any atom is 0.416 e. The molecule has 0 saturated carbocycles. The van der Waals surface area contributed by atoms with Crippen molar-refractivity contribution in [1.82, 2.24) is 5.32 Å². The molecule has 0 bridgehead atoms. The second-order valence-corrected chi connectivity index (χ2v) is 8.42. The third kappa shape index (κ3) is 5.37. The van der Waals surface area contributed by atoms with Crippen molar-refractivity contribution in [3.63, 3.8) is 0 Å². The zero-order valence-electron chi connectivity index (χ0n) is 18.1. The Hall–Kier alpha value is -3.82. The van der Waals surface area contributed by atoms with Crippen LogP contribution in [0.25, 0.3) is 6.08 Å². The molecule has 36 heavy (non-hydrogen) atoms. The summed E-state index contributed by atoms with van der Waals surface area (Å²) in [6, 6.07) is 14.4. The first-order valence-corrected chi connectivity index (χ1v) is 11.0. The summed E-state index contributed by atoms with van der Waals surface area (Å²) < 4.78 is 45.5. The van der Waals surface area contributed by atoms with E-state index in [9.17, 15) is 27.6 Å². The molecule has 1 aliphatic heterocycles. The van der Waals surface area contributed by atoms with Crippen LogP contribution in [0, 0.1) is 0 Å². The van der Waals surface area contributed by atoms with Gasteiger partial charge < -0.3 is 4.74 Å². The van der Waals surface area contributed by atoms with Crippen molar-refractivity contribution in [2.24, 2.45) is 0 Å². The van der Waals surface area contributed by atoms with E-state index in [4.69, 9.17) is 27.9 Å². The highest BCUT2D eigenvalue weighted by molar-refractivity contribution is 6.42. The van der Waals surface area contributed by atoms with Crippen molar-refractivity contribution < 1.29 is 32.3 Å². The Morgan fingerprint density at radius 2 is 1.64 bits per heavy atom. The number of alkyl halides is 3. The van der Waals surface area contributed by atoms with Gasteiger partial charge in [-0.15, -0.1) is 0 Å². The lowest BCUT2D eigenvalue weighted by Crippen LogP contribution is -2.54. The molecule has 1 aliphatic rings. The number of nitrogens with zero attached hydrogens (tertiary/aromatic N) is 1. The molecule has 1 saturated heterocycles. The summed E-state index contributed by atoms with van der Waals surface area (Å²) in [7, 11) is 0. The number of halogens is 5. The summed E-state index contributed by atoms with van der Waals surface area (Å²) in [6.45, 7) is 0.155. The minimum Gasteiger partial charge on any atom is -0.488 e. The third-order valence-electron chi connectivity index (χ3n) is 5.14. The van der Waals surface area contributed by atoms with E-state index >= 15 is 0 Å². The molecule has 1 N–H and O–H groups in total. The first-order valence-electron chi connectivity index (χ1n) is 10.3. The van der Waals surface area contributed by atoms with Gasteiger partial charge in [0.2, 0.25) is 0 Å². The summed E-state index contributed by atoms with van der Waals surface area (Å²) >= 11 is 11.9. The van der Waals surface area contributed by atoms with Gasteiger partial charge in [-0.3, -0.25) is 14.9 Å². The number of barbiturate groups is 1. The number of para-hydroxylation sites is 1. The first kappa shape index (κ1) is 25.3. The Morgan fingerprint density at radius 3 is 2.33 bits per heavy atom. The number of rotatable bonds is 5. The maximum absolute atomic E-state index is 13.2. The SMILES string of the molecule is O=C1NC(=O)N(c2cc(C(F)(F)F)ccc2Cl)C(=O)/C1=C\c1ccccc1OCc1ccc(Cl)cc1. The van der Waals surface area contributed by atoms with E-state index in [1.165, 1.54) is 6.08 Å². The van der Waals surface area contributed by atoms with E-state index in [0.717, 1.165) is 11.6 Å². The van der Waals surface area contributed by atoms with Crippen molar-refractivity contribution in [1.29, 1.82) is 0 Å². The van der Waals surface area contributed by atoms with Crippen molar-refractivity contribution in [3.05, 3.63) is 99.0 Å². The minimum atomic E-state index is -4.75. The average molecular weight is 535 g/mol. The lowest BCUT2D eigenvalue weighted by atomic mass is 10.1. The lowest BCUT2D eigenvalue weighted by molar-refractivity contribution is -0.137. The molecule has 0 aliphatic carbocycles. The monoisotopic (exact) mass is 534 g/mol. The fourth-order valence-corrected chi connectivity index (χ4v) is 3.69. The Balaban J connectivity index is 1.68. The molecule has 1 fully saturated rings. The summed E-state index contributed by atoms with van der Waals surface area (Å²) in [4.78, 5) is 38.5. The molecule has 1 heterocycles. The van der Waals surface area contributed by atoms with Gasteiger partial charge in [-0.05, 0) is 48.0 Å². The number of urea groups is 1. The van der Waals surface area contributed by atoms with Crippen LogP contribution in [-0.2, 0) is 22.4 Å². The number of nitrogens with one attached hydrogen (secondary N) is 1. The van der Waals surface area contributed by atoms with Crippen LogP contribution in [-0.4, -0.2) is 17.8 Å². The second kappa shape index (κ2) is 10.0. The number of anilines is 1. The minimum absolute atomic E-state index is 0.155. The van der Waals surface area contributed by atoms with Crippen LogP contribution >= 0.6 is 23.2 Å². The molecule has 0 unspecified atom stereocenters. The van der Waals surface area contributed by atoms with Gasteiger partial charge in [-0.2, -0.15) is 13.2 Å². The Bertz CT molecular complexity index is 1390. The van der Waals surface area contributed by atoms with Gasteiger partial charge in [-0.1, -0.05) is 53.5 Å². The number of benzene rings is 3. The third-order valence-corrected chi connectivity index (χ3v) is 5.71. The number of hydrogen-bond donors (Lipinski definition) is 1. The average Bonchev–Trinajstić information content (AvgIpc) is 2.82. The van der Waals surface area contributed by atoms with Crippen LogP contribution in [0.3, 0.4) is 0 Å². The number of imide groups is 2. The van der Waals surface area contributed by atoms with Gasteiger partial charge in [0.15, 0.2) is 0 Å². The smallest absolute Gasteiger partial charge is 0.416 e. The van der Waals surface area contributed by atoms with Crippen molar-refractivity contribution >= 4 is 52.8 Å². The van der Waals surface area contributed by atoms with Crippen molar-refractivity contribution in [3.8, 4) is 5.75 Å². The Morgan fingerprint density at radius 1 is 0.944 bits per heavy atom. The van der Waals surface area contributed by atoms with Crippen LogP contribution < -0.4 is 15.0 Å². The molecular formula is C25H15Cl2F3N2O4. The summed E-state index contributed by atoms with van der Waals surface area (Å²) in [6.07, 6.45) is -3.56. The van der Waals surface area contributed by atoms with Gasteiger partial charge in [0.05, 0.1) is 16.3 Å². The second-order valence-electron chi connectivity index (χ2n) is 7.57. The van der Waals surface area contributed by atoms with Gasteiger partial charge in [0.25, 0.3) is 11.8 Å².